The van der Waals surface area contributed by atoms with Crippen LogP contribution in [0.15, 0.2) is 36.7 Å². The Morgan fingerprint density at radius 2 is 1.96 bits per heavy atom. The molecule has 1 atom stereocenters. The van der Waals surface area contributed by atoms with Crippen molar-refractivity contribution in [3.05, 3.63) is 42.2 Å². The molecule has 1 N–H and O–H groups in total. The van der Waals surface area contributed by atoms with Crippen LogP contribution in [0.4, 0.5) is 24.8 Å². The van der Waals surface area contributed by atoms with Gasteiger partial charge in [0.25, 0.3) is 0 Å². The lowest BCUT2D eigenvalue weighted by Crippen LogP contribution is -2.26. The predicted molar refractivity (Wildman–Crippen MR) is 96.8 cm³/mol. The van der Waals surface area contributed by atoms with Crippen molar-refractivity contribution in [2.45, 2.75) is 25.4 Å². The van der Waals surface area contributed by atoms with Gasteiger partial charge in [-0.05, 0) is 24.1 Å². The van der Waals surface area contributed by atoms with Crippen molar-refractivity contribution in [2.24, 2.45) is 0 Å². The highest BCUT2D eigenvalue weighted by Crippen LogP contribution is 2.24. The van der Waals surface area contributed by atoms with E-state index in [0.29, 0.717) is 6.54 Å². The molecule has 1 unspecified atom stereocenters. The zero-order valence-electron chi connectivity index (χ0n) is 15.2. The topological polar surface area (TPSA) is 53.5 Å². The van der Waals surface area contributed by atoms with Gasteiger partial charge in [0.05, 0.1) is 0 Å². The lowest BCUT2D eigenvalue weighted by Gasteiger charge is -2.18. The fourth-order valence-corrected chi connectivity index (χ4v) is 3.03. The largest absolute Gasteiger partial charge is 0.573 e. The summed E-state index contributed by atoms with van der Waals surface area (Å²) in [6.07, 6.45) is -2.16. The smallest absolute Gasteiger partial charge is 0.406 e. The van der Waals surface area contributed by atoms with Crippen LogP contribution in [0.2, 0.25) is 0 Å². The molecule has 0 bridgehead atoms. The second-order valence-electron chi connectivity index (χ2n) is 6.71. The Hall–Kier alpha value is -2.55. The number of alkyl halides is 3. The molecular weight excluding hydrogens is 359 g/mol. The van der Waals surface area contributed by atoms with E-state index in [2.05, 4.69) is 24.9 Å². The molecule has 0 radical (unpaired) electrons. The minimum absolute atomic E-state index is 0.201. The molecule has 0 aliphatic carbocycles. The lowest BCUT2D eigenvalue weighted by atomic mass is 10.2. The summed E-state index contributed by atoms with van der Waals surface area (Å²) in [6, 6.07) is 8.19. The van der Waals surface area contributed by atoms with Crippen LogP contribution >= 0.6 is 0 Å². The molecule has 1 aromatic carbocycles. The van der Waals surface area contributed by atoms with Gasteiger partial charge in [0, 0.05) is 45.8 Å². The fraction of sp³-hybridized carbons (Fsp3) is 0.444. The Bertz CT molecular complexity index is 751. The number of rotatable bonds is 6. The van der Waals surface area contributed by atoms with Gasteiger partial charge < -0.3 is 15.0 Å². The highest BCUT2D eigenvalue weighted by molar-refractivity contribution is 5.48. The molecule has 1 aromatic heterocycles. The van der Waals surface area contributed by atoms with Crippen LogP contribution < -0.4 is 15.0 Å². The molecule has 1 saturated heterocycles. The summed E-state index contributed by atoms with van der Waals surface area (Å²) in [5, 5.41) is 3.42. The molecule has 146 valence electrons. The minimum Gasteiger partial charge on any atom is -0.406 e. The maximum Gasteiger partial charge on any atom is 0.573 e. The normalized spacial score (nSPS) is 17.7. The molecule has 3 rings (SSSR count). The Labute approximate surface area is 156 Å². The van der Waals surface area contributed by atoms with Crippen molar-refractivity contribution in [1.82, 2.24) is 14.9 Å². The summed E-state index contributed by atoms with van der Waals surface area (Å²) in [4.78, 5) is 12.6. The molecule has 1 aliphatic heterocycles. The number of benzene rings is 1. The van der Waals surface area contributed by atoms with E-state index in [4.69, 9.17) is 0 Å². The van der Waals surface area contributed by atoms with Gasteiger partial charge in [0.15, 0.2) is 0 Å². The first kappa shape index (κ1) is 19.2. The number of nitrogens with one attached hydrogen (secondary N) is 1. The minimum atomic E-state index is -4.66. The maximum absolute atomic E-state index is 12.2. The molecule has 6 nitrogen and oxygen atoms in total. The molecular formula is C18H22F3N5O. The first-order valence-electron chi connectivity index (χ1n) is 8.61. The van der Waals surface area contributed by atoms with Crippen LogP contribution in [0.25, 0.3) is 0 Å². The first-order chi connectivity index (χ1) is 12.8. The van der Waals surface area contributed by atoms with Crippen molar-refractivity contribution in [3.8, 4) is 5.75 Å². The number of nitrogens with zero attached hydrogens (tertiary/aromatic N) is 4. The van der Waals surface area contributed by atoms with Gasteiger partial charge in [-0.1, -0.05) is 12.1 Å². The number of hydrogen-bond acceptors (Lipinski definition) is 6. The van der Waals surface area contributed by atoms with Crippen LogP contribution in [0, 0.1) is 0 Å². The van der Waals surface area contributed by atoms with Gasteiger partial charge >= 0.3 is 6.36 Å². The SMILES string of the molecule is CN(C)c1cc(NC2CCN(Cc3ccc(OC(F)(F)F)cc3)C2)ncn1. The van der Waals surface area contributed by atoms with E-state index in [-0.39, 0.29) is 11.8 Å². The van der Waals surface area contributed by atoms with E-state index in [1.165, 1.54) is 18.5 Å². The second-order valence-corrected chi connectivity index (χ2v) is 6.71. The van der Waals surface area contributed by atoms with Crippen LogP contribution in [-0.4, -0.2) is 54.5 Å². The zero-order chi connectivity index (χ0) is 19.4. The van der Waals surface area contributed by atoms with Crippen molar-refractivity contribution >= 4 is 11.6 Å². The standard InChI is InChI=1S/C18H22F3N5O/c1-25(2)17-9-16(22-12-23-17)24-14-7-8-26(11-14)10-13-3-5-15(6-4-13)27-18(19,20)21/h3-6,9,12,14H,7-8,10-11H2,1-2H3,(H,22,23,24). The van der Waals surface area contributed by atoms with E-state index >= 15 is 0 Å². The number of ether oxygens (including phenoxy) is 1. The van der Waals surface area contributed by atoms with Crippen molar-refractivity contribution < 1.29 is 17.9 Å². The van der Waals surface area contributed by atoms with E-state index < -0.39 is 6.36 Å². The average Bonchev–Trinajstić information content (AvgIpc) is 3.02. The number of halogens is 3. The third-order valence-corrected chi connectivity index (χ3v) is 4.30. The lowest BCUT2D eigenvalue weighted by molar-refractivity contribution is -0.274. The van der Waals surface area contributed by atoms with Gasteiger partial charge in [0.1, 0.15) is 23.7 Å². The van der Waals surface area contributed by atoms with E-state index in [1.807, 2.05) is 25.1 Å². The van der Waals surface area contributed by atoms with Gasteiger partial charge in [-0.25, -0.2) is 9.97 Å². The Balaban J connectivity index is 1.52. The molecule has 2 heterocycles. The maximum atomic E-state index is 12.2. The van der Waals surface area contributed by atoms with Crippen LogP contribution in [0.3, 0.4) is 0 Å². The zero-order valence-corrected chi connectivity index (χ0v) is 15.2. The highest BCUT2D eigenvalue weighted by Gasteiger charge is 2.31. The average molecular weight is 381 g/mol. The summed E-state index contributed by atoms with van der Waals surface area (Å²) in [5.41, 5.74) is 0.946. The highest BCUT2D eigenvalue weighted by atomic mass is 19.4. The molecule has 0 amide bonds. The van der Waals surface area contributed by atoms with Crippen molar-refractivity contribution in [2.75, 3.05) is 37.4 Å². The number of likely N-dealkylation sites (tertiary alicyclic amines) is 1. The summed E-state index contributed by atoms with van der Waals surface area (Å²) in [6.45, 7) is 2.42. The third kappa shape index (κ3) is 5.72. The Morgan fingerprint density at radius 1 is 1.22 bits per heavy atom. The van der Waals surface area contributed by atoms with E-state index in [1.54, 1.807) is 12.1 Å². The first-order valence-corrected chi connectivity index (χ1v) is 8.61. The predicted octanol–water partition coefficient (Wildman–Crippen LogP) is 3.13. The van der Waals surface area contributed by atoms with Crippen LogP contribution in [0.1, 0.15) is 12.0 Å². The Morgan fingerprint density at radius 3 is 2.63 bits per heavy atom. The summed E-state index contributed by atoms with van der Waals surface area (Å²) >= 11 is 0. The number of aromatic nitrogens is 2. The molecule has 1 aliphatic rings. The summed E-state index contributed by atoms with van der Waals surface area (Å²) < 4.78 is 40.5. The van der Waals surface area contributed by atoms with Gasteiger partial charge in [-0.3, -0.25) is 4.90 Å². The van der Waals surface area contributed by atoms with Gasteiger partial charge in [-0.15, -0.1) is 13.2 Å². The van der Waals surface area contributed by atoms with Crippen molar-refractivity contribution in [1.29, 1.82) is 0 Å². The van der Waals surface area contributed by atoms with E-state index in [9.17, 15) is 13.2 Å². The Kier molecular flexibility index (Phi) is 5.69. The van der Waals surface area contributed by atoms with Gasteiger partial charge in [-0.2, -0.15) is 0 Å². The molecule has 0 spiro atoms. The number of hydrogen-bond donors (Lipinski definition) is 1. The second kappa shape index (κ2) is 7.99. The number of anilines is 2. The van der Waals surface area contributed by atoms with Crippen molar-refractivity contribution in [3.63, 3.8) is 0 Å². The molecule has 0 saturated carbocycles. The fourth-order valence-electron chi connectivity index (χ4n) is 3.03. The monoisotopic (exact) mass is 381 g/mol. The summed E-state index contributed by atoms with van der Waals surface area (Å²) in [5.74, 6) is 1.42. The van der Waals surface area contributed by atoms with Crippen LogP contribution in [-0.2, 0) is 6.54 Å². The molecule has 1 fully saturated rings. The summed E-state index contributed by atoms with van der Waals surface area (Å²) in [7, 11) is 3.85. The quantitative estimate of drug-likeness (QED) is 0.830. The molecule has 2 aromatic rings. The van der Waals surface area contributed by atoms with E-state index in [0.717, 1.165) is 36.7 Å². The molecule has 27 heavy (non-hydrogen) atoms. The third-order valence-electron chi connectivity index (χ3n) is 4.30. The van der Waals surface area contributed by atoms with Crippen LogP contribution in [0.5, 0.6) is 5.75 Å². The molecule has 9 heteroatoms. The van der Waals surface area contributed by atoms with Gasteiger partial charge in [0.2, 0.25) is 0 Å².